The SMILES string of the molecule is CN(C)C(=O)CNC(=NCc1ccc(S(N)(=O)=O)cc1)NCc1cccs1. The Hall–Kier alpha value is -2.43. The van der Waals surface area contributed by atoms with E-state index in [2.05, 4.69) is 15.6 Å². The number of rotatable bonds is 7. The van der Waals surface area contributed by atoms with Crippen LogP contribution in [-0.2, 0) is 27.9 Å². The molecule has 0 aliphatic rings. The van der Waals surface area contributed by atoms with Crippen LogP contribution in [0.2, 0.25) is 0 Å². The molecule has 0 atom stereocenters. The smallest absolute Gasteiger partial charge is 0.241 e. The first-order valence-corrected chi connectivity index (χ1v) is 10.5. The minimum absolute atomic E-state index is 0.0565. The Morgan fingerprint density at radius 1 is 1.19 bits per heavy atom. The van der Waals surface area contributed by atoms with E-state index in [-0.39, 0.29) is 17.3 Å². The fourth-order valence-corrected chi connectivity index (χ4v) is 3.19. The molecule has 1 aromatic carbocycles. The first-order valence-electron chi connectivity index (χ1n) is 8.12. The van der Waals surface area contributed by atoms with Crippen molar-refractivity contribution in [1.29, 1.82) is 0 Å². The van der Waals surface area contributed by atoms with Crippen molar-refractivity contribution >= 4 is 33.2 Å². The molecular weight excluding hydrogens is 386 g/mol. The van der Waals surface area contributed by atoms with Crippen LogP contribution in [0.4, 0.5) is 0 Å². The maximum atomic E-state index is 11.8. The highest BCUT2D eigenvalue weighted by molar-refractivity contribution is 7.89. The number of hydrogen-bond donors (Lipinski definition) is 3. The van der Waals surface area contributed by atoms with Crippen molar-refractivity contribution in [2.24, 2.45) is 10.1 Å². The topological polar surface area (TPSA) is 117 Å². The lowest BCUT2D eigenvalue weighted by molar-refractivity contribution is -0.127. The predicted octanol–water partition coefficient (Wildman–Crippen LogP) is 0.719. The molecule has 0 unspecified atom stereocenters. The maximum Gasteiger partial charge on any atom is 0.241 e. The van der Waals surface area contributed by atoms with Crippen LogP contribution in [0, 0.1) is 0 Å². The van der Waals surface area contributed by atoms with E-state index in [0.717, 1.165) is 10.4 Å². The van der Waals surface area contributed by atoms with Crippen LogP contribution in [0.25, 0.3) is 0 Å². The summed E-state index contributed by atoms with van der Waals surface area (Å²) in [6.45, 7) is 1.03. The number of carbonyl (C=O) groups is 1. The quantitative estimate of drug-likeness (QED) is 0.460. The lowest BCUT2D eigenvalue weighted by Gasteiger charge is -2.14. The number of sulfonamides is 1. The molecule has 2 rings (SSSR count). The van der Waals surface area contributed by atoms with Gasteiger partial charge >= 0.3 is 0 Å². The zero-order valence-electron chi connectivity index (χ0n) is 15.2. The first kappa shape index (κ1) is 20.9. The van der Waals surface area contributed by atoms with Crippen LogP contribution in [0.3, 0.4) is 0 Å². The predicted molar refractivity (Wildman–Crippen MR) is 107 cm³/mol. The molecule has 0 saturated heterocycles. The number of thiophene rings is 1. The Balaban J connectivity index is 2.04. The van der Waals surface area contributed by atoms with E-state index >= 15 is 0 Å². The first-order chi connectivity index (χ1) is 12.8. The van der Waals surface area contributed by atoms with Gasteiger partial charge in [0.15, 0.2) is 5.96 Å². The Morgan fingerprint density at radius 3 is 2.44 bits per heavy atom. The largest absolute Gasteiger partial charge is 0.351 e. The number of amides is 1. The van der Waals surface area contributed by atoms with Gasteiger partial charge in [-0.2, -0.15) is 0 Å². The van der Waals surface area contributed by atoms with E-state index < -0.39 is 10.0 Å². The van der Waals surface area contributed by atoms with Crippen molar-refractivity contribution < 1.29 is 13.2 Å². The average Bonchev–Trinajstić information content (AvgIpc) is 3.13. The molecule has 0 bridgehead atoms. The van der Waals surface area contributed by atoms with Crippen LogP contribution in [0.1, 0.15) is 10.4 Å². The Bertz CT molecular complexity index is 876. The number of guanidine groups is 1. The van der Waals surface area contributed by atoms with Crippen LogP contribution in [0.5, 0.6) is 0 Å². The number of benzene rings is 1. The lowest BCUT2D eigenvalue weighted by atomic mass is 10.2. The molecule has 1 heterocycles. The van der Waals surface area contributed by atoms with Crippen molar-refractivity contribution in [3.05, 3.63) is 52.2 Å². The molecule has 0 saturated carbocycles. The fourth-order valence-electron chi connectivity index (χ4n) is 2.03. The molecule has 4 N–H and O–H groups in total. The minimum Gasteiger partial charge on any atom is -0.351 e. The monoisotopic (exact) mass is 409 g/mol. The van der Waals surface area contributed by atoms with Crippen LogP contribution in [0.15, 0.2) is 51.7 Å². The summed E-state index contributed by atoms with van der Waals surface area (Å²) in [5, 5.41) is 13.3. The molecular formula is C17H23N5O3S2. The number of nitrogens with one attached hydrogen (secondary N) is 2. The normalized spacial score (nSPS) is 11.9. The lowest BCUT2D eigenvalue weighted by Crippen LogP contribution is -2.42. The van der Waals surface area contributed by atoms with E-state index in [0.29, 0.717) is 19.0 Å². The number of carbonyl (C=O) groups excluding carboxylic acids is 1. The number of likely N-dealkylation sites (N-methyl/N-ethyl adjacent to an activating group) is 1. The average molecular weight is 410 g/mol. The van der Waals surface area contributed by atoms with Gasteiger partial charge in [-0.1, -0.05) is 18.2 Å². The second kappa shape index (κ2) is 9.49. The third kappa shape index (κ3) is 7.00. The Labute approximate surface area is 163 Å². The van der Waals surface area contributed by atoms with Gasteiger partial charge in [0.05, 0.1) is 24.5 Å². The van der Waals surface area contributed by atoms with E-state index in [1.807, 2.05) is 17.5 Å². The van der Waals surface area contributed by atoms with E-state index in [1.165, 1.54) is 17.0 Å². The number of hydrogen-bond acceptors (Lipinski definition) is 5. The number of primary sulfonamides is 1. The van der Waals surface area contributed by atoms with Gasteiger partial charge < -0.3 is 15.5 Å². The Kier molecular flexibility index (Phi) is 7.34. The third-order valence-corrected chi connectivity index (χ3v) is 5.39. The van der Waals surface area contributed by atoms with E-state index in [1.54, 1.807) is 37.6 Å². The molecule has 146 valence electrons. The highest BCUT2D eigenvalue weighted by atomic mass is 32.2. The van der Waals surface area contributed by atoms with Gasteiger partial charge in [-0.3, -0.25) is 4.79 Å². The molecule has 2 aromatic rings. The summed E-state index contributed by atoms with van der Waals surface area (Å²) < 4.78 is 22.6. The van der Waals surface area contributed by atoms with E-state index in [9.17, 15) is 13.2 Å². The zero-order chi connectivity index (χ0) is 19.9. The van der Waals surface area contributed by atoms with E-state index in [4.69, 9.17) is 5.14 Å². The molecule has 27 heavy (non-hydrogen) atoms. The Morgan fingerprint density at radius 2 is 1.89 bits per heavy atom. The number of nitrogens with zero attached hydrogens (tertiary/aromatic N) is 2. The molecule has 0 spiro atoms. The van der Waals surface area contributed by atoms with Gasteiger partial charge in [0.25, 0.3) is 0 Å². The highest BCUT2D eigenvalue weighted by Gasteiger charge is 2.08. The van der Waals surface area contributed by atoms with Crippen LogP contribution < -0.4 is 15.8 Å². The maximum absolute atomic E-state index is 11.8. The summed E-state index contributed by atoms with van der Waals surface area (Å²) in [7, 11) is -0.337. The molecule has 1 aromatic heterocycles. The summed E-state index contributed by atoms with van der Waals surface area (Å²) in [5.41, 5.74) is 0.818. The van der Waals surface area contributed by atoms with Crippen molar-refractivity contribution in [3.8, 4) is 0 Å². The summed E-state index contributed by atoms with van der Waals surface area (Å²) in [6.07, 6.45) is 0. The summed E-state index contributed by atoms with van der Waals surface area (Å²) >= 11 is 1.62. The third-order valence-electron chi connectivity index (χ3n) is 3.59. The molecule has 1 amide bonds. The van der Waals surface area contributed by atoms with Gasteiger partial charge in [0.1, 0.15) is 0 Å². The summed E-state index contributed by atoms with van der Waals surface area (Å²) in [4.78, 5) is 19.0. The summed E-state index contributed by atoms with van der Waals surface area (Å²) in [6, 6.07) is 10.2. The van der Waals surface area contributed by atoms with Crippen molar-refractivity contribution in [2.75, 3.05) is 20.6 Å². The zero-order valence-corrected chi connectivity index (χ0v) is 16.8. The fraction of sp³-hybridized carbons (Fsp3) is 0.294. The minimum atomic E-state index is -3.71. The van der Waals surface area contributed by atoms with Gasteiger partial charge in [-0.15, -0.1) is 11.3 Å². The molecule has 8 nitrogen and oxygen atoms in total. The second-order valence-corrected chi connectivity index (χ2v) is 8.52. The van der Waals surface area contributed by atoms with Gasteiger partial charge in [-0.25, -0.2) is 18.5 Å². The highest BCUT2D eigenvalue weighted by Crippen LogP contribution is 2.10. The van der Waals surface area contributed by atoms with Gasteiger partial charge in [-0.05, 0) is 29.1 Å². The van der Waals surface area contributed by atoms with Crippen LogP contribution in [-0.4, -0.2) is 45.8 Å². The number of nitrogens with two attached hydrogens (primary N) is 1. The number of aliphatic imine (C=N–C) groups is 1. The van der Waals surface area contributed by atoms with Gasteiger partial charge in [0.2, 0.25) is 15.9 Å². The molecule has 0 aliphatic carbocycles. The standard InChI is InChI=1S/C17H23N5O3S2/c1-22(2)16(23)12-21-17(20-11-14-4-3-9-26-14)19-10-13-5-7-15(8-6-13)27(18,24)25/h3-9H,10-12H2,1-2H3,(H2,18,24,25)(H2,19,20,21). The molecule has 10 heteroatoms. The van der Waals surface area contributed by atoms with Crippen molar-refractivity contribution in [1.82, 2.24) is 15.5 Å². The molecule has 0 radical (unpaired) electrons. The van der Waals surface area contributed by atoms with Gasteiger partial charge in [0, 0.05) is 19.0 Å². The molecule has 0 fully saturated rings. The second-order valence-electron chi connectivity index (χ2n) is 5.93. The summed E-state index contributed by atoms with van der Waals surface area (Å²) in [5.74, 6) is 0.423. The van der Waals surface area contributed by atoms with Crippen LogP contribution >= 0.6 is 11.3 Å². The van der Waals surface area contributed by atoms with Crippen molar-refractivity contribution in [2.45, 2.75) is 18.0 Å². The van der Waals surface area contributed by atoms with Crippen molar-refractivity contribution in [3.63, 3.8) is 0 Å². The molecule has 0 aliphatic heterocycles.